The number of ketones is 1. The highest BCUT2D eigenvalue weighted by Crippen LogP contribution is 2.24. The molecule has 0 spiro atoms. The van der Waals surface area contributed by atoms with Crippen molar-refractivity contribution < 1.29 is 4.79 Å². The van der Waals surface area contributed by atoms with Gasteiger partial charge in [0.15, 0.2) is 0 Å². The molecule has 1 aromatic rings. The van der Waals surface area contributed by atoms with Crippen LogP contribution in [0.1, 0.15) is 43.7 Å². The maximum atomic E-state index is 11.6. The number of nitrogens with zero attached hydrogens (tertiary/aromatic N) is 1. The van der Waals surface area contributed by atoms with Gasteiger partial charge in [0.2, 0.25) is 0 Å². The molecule has 0 heterocycles. The second kappa shape index (κ2) is 6.65. The van der Waals surface area contributed by atoms with Crippen molar-refractivity contribution in [3.63, 3.8) is 0 Å². The van der Waals surface area contributed by atoms with E-state index in [1.54, 1.807) is 0 Å². The Labute approximate surface area is 115 Å². The van der Waals surface area contributed by atoms with Crippen molar-refractivity contribution in [2.45, 2.75) is 46.0 Å². The molecule has 2 heteroatoms. The molecule has 0 radical (unpaired) electrons. The molecule has 0 amide bonds. The van der Waals surface area contributed by atoms with Gasteiger partial charge in [0.05, 0.1) is 0 Å². The Balaban J connectivity index is 2.17. The molecular weight excluding hydrogens is 234 g/mol. The highest BCUT2D eigenvalue weighted by atomic mass is 16.1. The van der Waals surface area contributed by atoms with Crippen LogP contribution in [0.4, 0.5) is 0 Å². The summed E-state index contributed by atoms with van der Waals surface area (Å²) in [5.74, 6) is 0.851. The van der Waals surface area contributed by atoms with Gasteiger partial charge in [-0.3, -0.25) is 9.79 Å². The highest BCUT2D eigenvalue weighted by molar-refractivity contribution is 5.93. The molecule has 0 bridgehead atoms. The molecule has 19 heavy (non-hydrogen) atoms. The van der Waals surface area contributed by atoms with Gasteiger partial charge in [-0.05, 0) is 44.2 Å². The number of aryl methyl sites for hydroxylation is 1. The van der Waals surface area contributed by atoms with Crippen molar-refractivity contribution in [2.24, 2.45) is 10.9 Å². The number of rotatable bonds is 3. The first kappa shape index (κ1) is 14.0. The van der Waals surface area contributed by atoms with E-state index >= 15 is 0 Å². The largest absolute Gasteiger partial charge is 0.300 e. The lowest BCUT2D eigenvalue weighted by Gasteiger charge is -2.17. The summed E-state index contributed by atoms with van der Waals surface area (Å²) in [5, 5.41) is 0. The van der Waals surface area contributed by atoms with Gasteiger partial charge >= 0.3 is 0 Å². The quantitative estimate of drug-likeness (QED) is 0.758. The fourth-order valence-corrected chi connectivity index (χ4v) is 2.83. The zero-order valence-electron chi connectivity index (χ0n) is 12.0. The van der Waals surface area contributed by atoms with Gasteiger partial charge in [0, 0.05) is 31.0 Å². The van der Waals surface area contributed by atoms with E-state index in [0.29, 0.717) is 18.1 Å². The Morgan fingerprint density at radius 2 is 2.00 bits per heavy atom. The van der Waals surface area contributed by atoms with Crippen LogP contribution in [0, 0.1) is 12.8 Å². The van der Waals surface area contributed by atoms with E-state index < -0.39 is 0 Å². The predicted octanol–water partition coefficient (Wildman–Crippen LogP) is 3.76. The van der Waals surface area contributed by atoms with Gasteiger partial charge in [-0.15, -0.1) is 0 Å². The van der Waals surface area contributed by atoms with E-state index in [9.17, 15) is 4.79 Å². The van der Waals surface area contributed by atoms with Gasteiger partial charge in [-0.2, -0.15) is 0 Å². The summed E-state index contributed by atoms with van der Waals surface area (Å²) in [7, 11) is 0. The van der Waals surface area contributed by atoms with Crippen LogP contribution in [0.3, 0.4) is 0 Å². The zero-order chi connectivity index (χ0) is 13.7. The average molecular weight is 257 g/mol. The lowest BCUT2D eigenvalue weighted by Crippen LogP contribution is -2.16. The van der Waals surface area contributed by atoms with Crippen molar-refractivity contribution in [3.05, 3.63) is 35.4 Å². The lowest BCUT2D eigenvalue weighted by atomic mass is 9.89. The van der Waals surface area contributed by atoms with E-state index in [4.69, 9.17) is 0 Å². The van der Waals surface area contributed by atoms with Crippen molar-refractivity contribution in [1.82, 2.24) is 0 Å². The number of hydrogen-bond donors (Lipinski definition) is 0. The predicted molar refractivity (Wildman–Crippen MR) is 79.8 cm³/mol. The van der Waals surface area contributed by atoms with Gasteiger partial charge in [-0.25, -0.2) is 0 Å². The van der Waals surface area contributed by atoms with Crippen LogP contribution in [0.2, 0.25) is 0 Å². The van der Waals surface area contributed by atoms with E-state index in [0.717, 1.165) is 32.2 Å². The average Bonchev–Trinajstić information content (AvgIpc) is 2.57. The van der Waals surface area contributed by atoms with Crippen molar-refractivity contribution in [2.75, 3.05) is 6.54 Å². The van der Waals surface area contributed by atoms with Crippen LogP contribution >= 0.6 is 0 Å². The lowest BCUT2D eigenvalue weighted by molar-refractivity contribution is -0.118. The van der Waals surface area contributed by atoms with E-state index in [-0.39, 0.29) is 0 Å². The summed E-state index contributed by atoms with van der Waals surface area (Å²) in [4.78, 5) is 16.3. The minimum absolute atomic E-state index is 0.399. The van der Waals surface area contributed by atoms with E-state index in [2.05, 4.69) is 43.1 Å². The Morgan fingerprint density at radius 1 is 1.21 bits per heavy atom. The SMILES string of the molecule is CC/N=C1\CCC(=O)CCC1Cc1ccccc1C. The third-order valence-corrected chi connectivity index (χ3v) is 3.99. The topological polar surface area (TPSA) is 29.4 Å². The molecule has 1 aliphatic carbocycles. The molecule has 1 saturated carbocycles. The minimum Gasteiger partial charge on any atom is -0.300 e. The summed E-state index contributed by atoms with van der Waals surface area (Å²) < 4.78 is 0. The van der Waals surface area contributed by atoms with Crippen LogP contribution in [0.25, 0.3) is 0 Å². The second-order valence-electron chi connectivity index (χ2n) is 5.37. The molecule has 0 aliphatic heterocycles. The van der Waals surface area contributed by atoms with Gasteiger partial charge in [-0.1, -0.05) is 24.3 Å². The first-order chi connectivity index (χ1) is 9.20. The van der Waals surface area contributed by atoms with Gasteiger partial charge in [0.25, 0.3) is 0 Å². The van der Waals surface area contributed by atoms with Crippen molar-refractivity contribution in [3.8, 4) is 0 Å². The Kier molecular flexibility index (Phi) is 4.89. The second-order valence-corrected chi connectivity index (χ2v) is 5.37. The first-order valence-corrected chi connectivity index (χ1v) is 7.30. The molecule has 1 atom stereocenters. The Bertz CT molecular complexity index is 476. The molecule has 2 nitrogen and oxygen atoms in total. The summed E-state index contributed by atoms with van der Waals surface area (Å²) in [6.45, 7) is 5.06. The molecule has 1 unspecified atom stereocenters. The van der Waals surface area contributed by atoms with Gasteiger partial charge < -0.3 is 0 Å². The van der Waals surface area contributed by atoms with Crippen molar-refractivity contribution >= 4 is 11.5 Å². The molecule has 102 valence electrons. The van der Waals surface area contributed by atoms with Crippen LogP contribution in [0.5, 0.6) is 0 Å². The number of aliphatic imine (C=N–C) groups is 1. The van der Waals surface area contributed by atoms with Crippen molar-refractivity contribution in [1.29, 1.82) is 0 Å². The monoisotopic (exact) mass is 257 g/mol. The molecule has 0 N–H and O–H groups in total. The fourth-order valence-electron chi connectivity index (χ4n) is 2.83. The number of carbonyl (C=O) groups is 1. The highest BCUT2D eigenvalue weighted by Gasteiger charge is 2.22. The van der Waals surface area contributed by atoms with Crippen LogP contribution in [-0.2, 0) is 11.2 Å². The minimum atomic E-state index is 0.399. The maximum absolute atomic E-state index is 11.6. The molecular formula is C17H23NO. The first-order valence-electron chi connectivity index (χ1n) is 7.30. The van der Waals surface area contributed by atoms with Crippen LogP contribution < -0.4 is 0 Å². The third-order valence-electron chi connectivity index (χ3n) is 3.99. The molecule has 0 aromatic heterocycles. The Morgan fingerprint density at radius 3 is 2.74 bits per heavy atom. The standard InChI is InChI=1S/C17H23NO/c1-3-18-17-11-10-16(19)9-8-15(17)12-14-7-5-4-6-13(14)2/h4-7,15H,3,8-12H2,1-2H3/b18-17+. The number of benzene rings is 1. The number of Topliss-reactive ketones (excluding diaryl/α,β-unsaturated/α-hetero) is 1. The van der Waals surface area contributed by atoms with Gasteiger partial charge in [0.1, 0.15) is 5.78 Å². The molecule has 0 saturated heterocycles. The molecule has 2 rings (SSSR count). The molecule has 1 fully saturated rings. The fraction of sp³-hybridized carbons (Fsp3) is 0.529. The van der Waals surface area contributed by atoms with Crippen LogP contribution in [0.15, 0.2) is 29.3 Å². The number of hydrogen-bond acceptors (Lipinski definition) is 2. The summed E-state index contributed by atoms with van der Waals surface area (Å²) in [6.07, 6.45) is 4.26. The molecule has 1 aliphatic rings. The van der Waals surface area contributed by atoms with E-state index in [1.807, 2.05) is 0 Å². The smallest absolute Gasteiger partial charge is 0.133 e. The van der Waals surface area contributed by atoms with Crippen LogP contribution in [-0.4, -0.2) is 18.0 Å². The van der Waals surface area contributed by atoms with E-state index in [1.165, 1.54) is 16.8 Å². The summed E-state index contributed by atoms with van der Waals surface area (Å²) in [6, 6.07) is 8.54. The number of carbonyl (C=O) groups excluding carboxylic acids is 1. The zero-order valence-corrected chi connectivity index (χ0v) is 12.0. The Hall–Kier alpha value is -1.44. The third kappa shape index (κ3) is 3.76. The maximum Gasteiger partial charge on any atom is 0.133 e. The summed E-state index contributed by atoms with van der Waals surface area (Å²) in [5.41, 5.74) is 4.00. The summed E-state index contributed by atoms with van der Waals surface area (Å²) >= 11 is 0. The normalized spacial score (nSPS) is 22.5. The molecule has 1 aromatic carbocycles.